The van der Waals surface area contributed by atoms with Gasteiger partial charge in [0, 0.05) is 24.9 Å². The third kappa shape index (κ3) is 2.70. The van der Waals surface area contributed by atoms with E-state index in [0.29, 0.717) is 12.3 Å². The molecule has 1 heterocycles. The minimum absolute atomic E-state index is 0.647. The molecule has 0 aromatic carbocycles. The van der Waals surface area contributed by atoms with Crippen molar-refractivity contribution in [3.63, 3.8) is 0 Å². The lowest BCUT2D eigenvalue weighted by Gasteiger charge is -1.98. The van der Waals surface area contributed by atoms with Crippen molar-refractivity contribution in [3.05, 3.63) is 30.1 Å². The maximum Gasteiger partial charge on any atom is 0.0997 e. The van der Waals surface area contributed by atoms with Gasteiger partial charge in [0.25, 0.3) is 0 Å². The van der Waals surface area contributed by atoms with Gasteiger partial charge in [0.2, 0.25) is 0 Å². The fourth-order valence-electron chi connectivity index (χ4n) is 0.947. The highest BCUT2D eigenvalue weighted by Gasteiger charge is 1.95. The van der Waals surface area contributed by atoms with Crippen molar-refractivity contribution in [2.75, 3.05) is 6.54 Å². The molecule has 3 nitrogen and oxygen atoms in total. The molecular weight excluding hydrogens is 150 g/mol. The van der Waals surface area contributed by atoms with E-state index in [1.807, 2.05) is 25.1 Å². The molecule has 0 saturated carbocycles. The molecule has 0 aliphatic heterocycles. The van der Waals surface area contributed by atoms with Crippen LogP contribution in [0, 0.1) is 0 Å². The first-order chi connectivity index (χ1) is 5.83. The first-order valence-electron chi connectivity index (χ1n) is 4.01. The minimum Gasteiger partial charge on any atom is -0.387 e. The van der Waals surface area contributed by atoms with Gasteiger partial charge in [-0.25, -0.2) is 0 Å². The average Bonchev–Trinajstić information content (AvgIpc) is 2.06. The predicted octanol–water partition coefficient (Wildman–Crippen LogP) is 1.00. The summed E-state index contributed by atoms with van der Waals surface area (Å²) in [5, 5.41) is 0. The number of nitrogens with zero attached hydrogens (tertiary/aromatic N) is 2. The molecule has 0 amide bonds. The van der Waals surface area contributed by atoms with Gasteiger partial charge in [0.1, 0.15) is 0 Å². The van der Waals surface area contributed by atoms with E-state index in [4.69, 9.17) is 5.73 Å². The van der Waals surface area contributed by atoms with E-state index in [1.54, 1.807) is 6.20 Å². The number of nitrogens with two attached hydrogens (primary N) is 1. The lowest BCUT2D eigenvalue weighted by atomic mass is 10.2. The summed E-state index contributed by atoms with van der Waals surface area (Å²) in [4.78, 5) is 8.21. The molecule has 0 radical (unpaired) electrons. The van der Waals surface area contributed by atoms with Crippen molar-refractivity contribution in [2.45, 2.75) is 13.3 Å². The Morgan fingerprint density at radius 3 is 3.00 bits per heavy atom. The number of rotatable bonds is 3. The van der Waals surface area contributed by atoms with E-state index >= 15 is 0 Å². The molecule has 0 unspecified atom stereocenters. The second kappa shape index (κ2) is 4.49. The van der Waals surface area contributed by atoms with Gasteiger partial charge in [0.05, 0.1) is 5.84 Å². The number of aliphatic imine (C=N–C) groups is 1. The zero-order valence-electron chi connectivity index (χ0n) is 7.20. The van der Waals surface area contributed by atoms with Crippen molar-refractivity contribution in [1.29, 1.82) is 0 Å². The first-order valence-corrected chi connectivity index (χ1v) is 4.01. The smallest absolute Gasteiger partial charge is 0.0997 e. The lowest BCUT2D eigenvalue weighted by molar-refractivity contribution is 1.07. The van der Waals surface area contributed by atoms with Crippen LogP contribution in [-0.2, 0) is 6.42 Å². The number of amidine groups is 1. The lowest BCUT2D eigenvalue weighted by Crippen LogP contribution is -2.15. The van der Waals surface area contributed by atoms with Crippen molar-refractivity contribution in [3.8, 4) is 0 Å². The number of pyridine rings is 1. The molecule has 12 heavy (non-hydrogen) atoms. The van der Waals surface area contributed by atoms with Gasteiger partial charge in [-0.1, -0.05) is 6.07 Å². The van der Waals surface area contributed by atoms with E-state index in [-0.39, 0.29) is 0 Å². The van der Waals surface area contributed by atoms with Crippen LogP contribution in [-0.4, -0.2) is 17.4 Å². The van der Waals surface area contributed by atoms with Crippen LogP contribution >= 0.6 is 0 Å². The Labute approximate surface area is 72.3 Å². The SMILES string of the molecule is CCN=C(N)Cc1ccccn1. The second-order valence-corrected chi connectivity index (χ2v) is 2.46. The van der Waals surface area contributed by atoms with Crippen LogP contribution in [0.1, 0.15) is 12.6 Å². The first kappa shape index (κ1) is 8.71. The molecule has 64 valence electrons. The summed E-state index contributed by atoms with van der Waals surface area (Å²) < 4.78 is 0. The topological polar surface area (TPSA) is 51.3 Å². The minimum atomic E-state index is 0.647. The Balaban J connectivity index is 2.58. The maximum atomic E-state index is 5.63. The second-order valence-electron chi connectivity index (χ2n) is 2.46. The molecule has 0 aliphatic rings. The van der Waals surface area contributed by atoms with Crippen LogP contribution in [0.2, 0.25) is 0 Å². The van der Waals surface area contributed by atoms with E-state index in [0.717, 1.165) is 12.2 Å². The van der Waals surface area contributed by atoms with Crippen LogP contribution in [0.4, 0.5) is 0 Å². The van der Waals surface area contributed by atoms with Gasteiger partial charge in [-0.3, -0.25) is 9.98 Å². The van der Waals surface area contributed by atoms with Crippen LogP contribution in [0.3, 0.4) is 0 Å². The van der Waals surface area contributed by atoms with Gasteiger partial charge in [-0.15, -0.1) is 0 Å². The molecule has 0 aliphatic carbocycles. The Morgan fingerprint density at radius 1 is 1.58 bits per heavy atom. The Kier molecular flexibility index (Phi) is 3.26. The fraction of sp³-hybridized carbons (Fsp3) is 0.333. The van der Waals surface area contributed by atoms with E-state index < -0.39 is 0 Å². The molecule has 3 heteroatoms. The third-order valence-electron chi connectivity index (χ3n) is 1.45. The van der Waals surface area contributed by atoms with Gasteiger partial charge in [-0.2, -0.15) is 0 Å². The average molecular weight is 163 g/mol. The molecule has 0 spiro atoms. The molecule has 2 N–H and O–H groups in total. The number of hydrogen-bond donors (Lipinski definition) is 1. The summed E-state index contributed by atoms with van der Waals surface area (Å²) in [7, 11) is 0. The highest BCUT2D eigenvalue weighted by molar-refractivity contribution is 5.82. The summed E-state index contributed by atoms with van der Waals surface area (Å²) in [5.41, 5.74) is 6.59. The molecule has 1 rings (SSSR count). The number of hydrogen-bond acceptors (Lipinski definition) is 2. The summed E-state index contributed by atoms with van der Waals surface area (Å²) in [6, 6.07) is 5.77. The quantitative estimate of drug-likeness (QED) is 0.534. The summed E-state index contributed by atoms with van der Waals surface area (Å²) in [6.45, 7) is 2.70. The van der Waals surface area contributed by atoms with E-state index in [2.05, 4.69) is 9.98 Å². The zero-order chi connectivity index (χ0) is 8.81. The standard InChI is InChI=1S/C9H13N3/c1-2-11-9(10)7-8-5-3-4-6-12-8/h3-6H,2,7H2,1H3,(H2,10,11). The fourth-order valence-corrected chi connectivity index (χ4v) is 0.947. The van der Waals surface area contributed by atoms with Gasteiger partial charge >= 0.3 is 0 Å². The highest BCUT2D eigenvalue weighted by atomic mass is 14.8. The van der Waals surface area contributed by atoms with Gasteiger partial charge < -0.3 is 5.73 Å². The normalized spacial score (nSPS) is 11.6. The van der Waals surface area contributed by atoms with E-state index in [9.17, 15) is 0 Å². The van der Waals surface area contributed by atoms with Crippen molar-refractivity contribution in [2.24, 2.45) is 10.7 Å². The summed E-state index contributed by atoms with van der Waals surface area (Å²) >= 11 is 0. The van der Waals surface area contributed by atoms with Crippen LogP contribution in [0.5, 0.6) is 0 Å². The molecular formula is C9H13N3. The highest BCUT2D eigenvalue weighted by Crippen LogP contribution is 1.94. The Bertz CT molecular complexity index is 254. The maximum absolute atomic E-state index is 5.63. The van der Waals surface area contributed by atoms with E-state index in [1.165, 1.54) is 0 Å². The molecule has 0 bridgehead atoms. The zero-order valence-corrected chi connectivity index (χ0v) is 7.20. The van der Waals surface area contributed by atoms with Crippen molar-refractivity contribution >= 4 is 5.84 Å². The Hall–Kier alpha value is -1.38. The summed E-state index contributed by atoms with van der Waals surface area (Å²) in [5.74, 6) is 0.649. The molecule has 0 atom stereocenters. The number of aromatic nitrogens is 1. The van der Waals surface area contributed by atoms with Crippen molar-refractivity contribution in [1.82, 2.24) is 4.98 Å². The summed E-state index contributed by atoms with van der Waals surface area (Å²) in [6.07, 6.45) is 2.41. The van der Waals surface area contributed by atoms with Gasteiger partial charge in [-0.05, 0) is 19.1 Å². The Morgan fingerprint density at radius 2 is 2.42 bits per heavy atom. The molecule has 1 aromatic rings. The third-order valence-corrected chi connectivity index (χ3v) is 1.45. The van der Waals surface area contributed by atoms with Crippen LogP contribution in [0.15, 0.2) is 29.4 Å². The molecule has 0 saturated heterocycles. The largest absolute Gasteiger partial charge is 0.387 e. The predicted molar refractivity (Wildman–Crippen MR) is 50.1 cm³/mol. The van der Waals surface area contributed by atoms with Crippen LogP contribution in [0.25, 0.3) is 0 Å². The van der Waals surface area contributed by atoms with Crippen molar-refractivity contribution < 1.29 is 0 Å². The monoisotopic (exact) mass is 163 g/mol. The molecule has 1 aromatic heterocycles. The van der Waals surface area contributed by atoms with Crippen LogP contribution < -0.4 is 5.73 Å². The molecule has 0 fully saturated rings. The van der Waals surface area contributed by atoms with Gasteiger partial charge in [0.15, 0.2) is 0 Å².